The predicted octanol–water partition coefficient (Wildman–Crippen LogP) is 2.61. The summed E-state index contributed by atoms with van der Waals surface area (Å²) in [4.78, 5) is 36.4. The summed E-state index contributed by atoms with van der Waals surface area (Å²) in [5, 5.41) is 9.92. The molecule has 3 aromatic heterocycles. The van der Waals surface area contributed by atoms with E-state index < -0.39 is 0 Å². The molecule has 0 unspecified atom stereocenters. The molecule has 1 N–H and O–H groups in total. The summed E-state index contributed by atoms with van der Waals surface area (Å²) >= 11 is 0. The fourth-order valence-electron chi connectivity index (χ4n) is 3.71. The molecule has 0 radical (unpaired) electrons. The van der Waals surface area contributed by atoms with Gasteiger partial charge in [0.25, 0.3) is 11.8 Å². The number of furan rings is 1. The van der Waals surface area contributed by atoms with Crippen molar-refractivity contribution >= 4 is 22.7 Å². The Balaban J connectivity index is 1.34. The van der Waals surface area contributed by atoms with Gasteiger partial charge in [0.15, 0.2) is 5.76 Å². The van der Waals surface area contributed by atoms with Crippen LogP contribution >= 0.6 is 0 Å². The number of fused-ring (bicyclic) bond motifs is 1. The Bertz CT molecular complexity index is 1350. The number of oxazole rings is 1. The highest BCUT2D eigenvalue weighted by atomic mass is 16.4. The lowest BCUT2D eigenvalue weighted by Crippen LogP contribution is -2.49. The van der Waals surface area contributed by atoms with Crippen LogP contribution in [0.25, 0.3) is 22.6 Å². The number of hydrogen-bond donors (Lipinski definition) is 1. The number of amides is 1. The Hall–Kier alpha value is -4.32. The van der Waals surface area contributed by atoms with Crippen molar-refractivity contribution in [2.75, 3.05) is 31.1 Å². The highest BCUT2D eigenvalue weighted by Crippen LogP contribution is 2.29. The van der Waals surface area contributed by atoms with Crippen LogP contribution in [-0.4, -0.2) is 47.0 Å². The number of anilines is 1. The molecule has 4 aromatic rings. The molecular weight excluding hydrogens is 398 g/mol. The number of nitrogens with one attached hydrogen (secondary N) is 1. The Morgan fingerprint density at radius 1 is 1.13 bits per heavy atom. The SMILES string of the molecule is N#Cc1nc(-c2ccco2)oc1N1CCN(C(=O)c2c[nH]c3ccccc3c2=O)CC1. The highest BCUT2D eigenvalue weighted by Gasteiger charge is 2.28. The lowest BCUT2D eigenvalue weighted by molar-refractivity contribution is 0.0744. The lowest BCUT2D eigenvalue weighted by atomic mass is 10.1. The molecule has 31 heavy (non-hydrogen) atoms. The molecule has 9 nitrogen and oxygen atoms in total. The van der Waals surface area contributed by atoms with Crippen LogP contribution in [0.3, 0.4) is 0 Å². The first-order valence-electron chi connectivity index (χ1n) is 9.75. The molecule has 1 saturated heterocycles. The first-order chi connectivity index (χ1) is 15.2. The molecule has 4 heterocycles. The molecule has 0 spiro atoms. The van der Waals surface area contributed by atoms with Gasteiger partial charge in [-0.3, -0.25) is 9.59 Å². The minimum Gasteiger partial charge on any atom is -0.459 e. The van der Waals surface area contributed by atoms with Gasteiger partial charge in [0, 0.05) is 43.3 Å². The van der Waals surface area contributed by atoms with E-state index >= 15 is 0 Å². The number of benzene rings is 1. The van der Waals surface area contributed by atoms with Gasteiger partial charge in [-0.2, -0.15) is 10.2 Å². The van der Waals surface area contributed by atoms with Gasteiger partial charge in [-0.15, -0.1) is 0 Å². The Morgan fingerprint density at radius 2 is 1.94 bits per heavy atom. The van der Waals surface area contributed by atoms with Crippen molar-refractivity contribution in [3.63, 3.8) is 0 Å². The molecule has 1 aromatic carbocycles. The minimum atomic E-state index is -0.319. The van der Waals surface area contributed by atoms with E-state index in [2.05, 4.69) is 9.97 Å². The first kappa shape index (κ1) is 18.7. The molecular formula is C22H17N5O4. The fourth-order valence-corrected chi connectivity index (χ4v) is 3.71. The molecule has 154 valence electrons. The largest absolute Gasteiger partial charge is 0.459 e. The molecule has 0 saturated carbocycles. The van der Waals surface area contributed by atoms with Gasteiger partial charge in [0.05, 0.1) is 6.26 Å². The van der Waals surface area contributed by atoms with Crippen LogP contribution in [0.4, 0.5) is 5.88 Å². The second kappa shape index (κ2) is 7.50. The van der Waals surface area contributed by atoms with E-state index in [4.69, 9.17) is 8.83 Å². The van der Waals surface area contributed by atoms with Crippen molar-refractivity contribution in [2.45, 2.75) is 0 Å². The van der Waals surface area contributed by atoms with Gasteiger partial charge in [-0.25, -0.2) is 0 Å². The molecule has 0 aliphatic carbocycles. The molecule has 1 amide bonds. The maximum Gasteiger partial charge on any atom is 0.266 e. The fraction of sp³-hybridized carbons (Fsp3) is 0.182. The number of hydrogen-bond acceptors (Lipinski definition) is 7. The zero-order valence-electron chi connectivity index (χ0n) is 16.4. The van der Waals surface area contributed by atoms with E-state index in [-0.39, 0.29) is 28.5 Å². The van der Waals surface area contributed by atoms with Crippen LogP contribution < -0.4 is 10.3 Å². The van der Waals surface area contributed by atoms with E-state index in [1.807, 2.05) is 17.0 Å². The molecule has 9 heteroatoms. The topological polar surface area (TPSA) is 119 Å². The second-order valence-corrected chi connectivity index (χ2v) is 7.12. The number of pyridine rings is 1. The van der Waals surface area contributed by atoms with Crippen LogP contribution in [0.5, 0.6) is 0 Å². The number of para-hydroxylation sites is 1. The van der Waals surface area contributed by atoms with Crippen LogP contribution in [0.2, 0.25) is 0 Å². The highest BCUT2D eigenvalue weighted by molar-refractivity contribution is 5.97. The van der Waals surface area contributed by atoms with Crippen LogP contribution in [0, 0.1) is 11.3 Å². The second-order valence-electron chi connectivity index (χ2n) is 7.12. The summed E-state index contributed by atoms with van der Waals surface area (Å²) in [6, 6.07) is 12.6. The van der Waals surface area contributed by atoms with Gasteiger partial charge in [0.1, 0.15) is 11.6 Å². The van der Waals surface area contributed by atoms with Crippen LogP contribution in [-0.2, 0) is 0 Å². The smallest absolute Gasteiger partial charge is 0.266 e. The van der Waals surface area contributed by atoms with Crippen molar-refractivity contribution in [1.29, 1.82) is 5.26 Å². The van der Waals surface area contributed by atoms with Gasteiger partial charge in [-0.05, 0) is 24.3 Å². The maximum absolute atomic E-state index is 13.0. The number of nitrogens with zero attached hydrogens (tertiary/aromatic N) is 4. The van der Waals surface area contributed by atoms with Gasteiger partial charge >= 0.3 is 0 Å². The summed E-state index contributed by atoms with van der Waals surface area (Å²) in [7, 11) is 0. The molecule has 0 bridgehead atoms. The van der Waals surface area contributed by atoms with E-state index in [1.165, 1.54) is 12.5 Å². The van der Waals surface area contributed by atoms with E-state index in [1.54, 1.807) is 35.2 Å². The number of aromatic nitrogens is 2. The number of nitriles is 1. The van der Waals surface area contributed by atoms with Gasteiger partial charge in [0.2, 0.25) is 17.0 Å². The van der Waals surface area contributed by atoms with E-state index in [9.17, 15) is 14.9 Å². The lowest BCUT2D eigenvalue weighted by Gasteiger charge is -2.34. The number of piperazine rings is 1. The molecule has 0 atom stereocenters. The van der Waals surface area contributed by atoms with Crippen LogP contribution in [0.1, 0.15) is 16.1 Å². The van der Waals surface area contributed by atoms with Crippen molar-refractivity contribution in [3.8, 4) is 17.7 Å². The standard InChI is InChI=1S/C22H17N5O4/c23-12-17-22(31-20(25-17)18-6-3-11-30-18)27-9-7-26(8-10-27)21(29)15-13-24-16-5-2-1-4-14(16)19(15)28/h1-6,11,13H,7-10H2,(H,24,28). The van der Waals surface area contributed by atoms with Crippen LogP contribution in [0.15, 0.2) is 62.5 Å². The van der Waals surface area contributed by atoms with Crippen molar-refractivity contribution in [3.05, 3.63) is 70.3 Å². The summed E-state index contributed by atoms with van der Waals surface area (Å²) in [5.74, 6) is 0.704. The third-order valence-electron chi connectivity index (χ3n) is 5.32. The summed E-state index contributed by atoms with van der Waals surface area (Å²) in [6.45, 7) is 1.65. The number of carbonyl (C=O) groups is 1. The molecule has 1 aliphatic heterocycles. The summed E-state index contributed by atoms with van der Waals surface area (Å²) < 4.78 is 11.1. The zero-order valence-corrected chi connectivity index (χ0v) is 16.4. The van der Waals surface area contributed by atoms with Crippen molar-refractivity contribution < 1.29 is 13.6 Å². The number of aromatic amines is 1. The Labute approximate surface area is 176 Å². The first-order valence-corrected chi connectivity index (χ1v) is 9.75. The quantitative estimate of drug-likeness (QED) is 0.546. The number of carbonyl (C=O) groups excluding carboxylic acids is 1. The van der Waals surface area contributed by atoms with Gasteiger partial charge < -0.3 is 23.6 Å². The summed E-state index contributed by atoms with van der Waals surface area (Å²) in [5.41, 5.74) is 0.684. The summed E-state index contributed by atoms with van der Waals surface area (Å²) in [6.07, 6.45) is 2.98. The van der Waals surface area contributed by atoms with E-state index in [0.717, 1.165) is 0 Å². The predicted molar refractivity (Wildman–Crippen MR) is 112 cm³/mol. The number of H-pyrrole nitrogens is 1. The van der Waals surface area contributed by atoms with Crippen molar-refractivity contribution in [2.24, 2.45) is 0 Å². The normalized spacial score (nSPS) is 14.0. The average molecular weight is 415 g/mol. The monoisotopic (exact) mass is 415 g/mol. The molecule has 1 aliphatic rings. The Morgan fingerprint density at radius 3 is 2.68 bits per heavy atom. The third-order valence-corrected chi connectivity index (χ3v) is 5.32. The third kappa shape index (κ3) is 3.24. The average Bonchev–Trinajstić information content (AvgIpc) is 3.49. The van der Waals surface area contributed by atoms with Crippen molar-refractivity contribution in [1.82, 2.24) is 14.9 Å². The zero-order chi connectivity index (χ0) is 21.4. The molecule has 1 fully saturated rings. The number of rotatable bonds is 3. The minimum absolute atomic E-state index is 0.115. The maximum atomic E-state index is 13.0. The van der Waals surface area contributed by atoms with Gasteiger partial charge in [-0.1, -0.05) is 12.1 Å². The van der Waals surface area contributed by atoms with E-state index in [0.29, 0.717) is 48.7 Å². The molecule has 5 rings (SSSR count). The Kier molecular flexibility index (Phi) is 4.52.